The zero-order valence-corrected chi connectivity index (χ0v) is 14.3. The van der Waals surface area contributed by atoms with Crippen molar-refractivity contribution in [1.29, 1.82) is 0 Å². The van der Waals surface area contributed by atoms with Crippen LogP contribution in [0.15, 0.2) is 18.3 Å². The highest BCUT2D eigenvalue weighted by atomic mass is 16.6. The lowest BCUT2D eigenvalue weighted by Gasteiger charge is -2.22. The maximum Gasteiger partial charge on any atom is 0.318 e. The molecule has 0 bridgehead atoms. The van der Waals surface area contributed by atoms with Crippen molar-refractivity contribution in [3.8, 4) is 11.5 Å². The molecular formula is C18H19N5O3. The number of hydrogen-bond acceptors (Lipinski definition) is 5. The van der Waals surface area contributed by atoms with E-state index in [1.54, 1.807) is 4.68 Å². The summed E-state index contributed by atoms with van der Waals surface area (Å²) in [4.78, 5) is 18.9. The summed E-state index contributed by atoms with van der Waals surface area (Å²) in [7, 11) is 0. The normalized spacial score (nSPS) is 19.8. The number of nitrogens with zero attached hydrogens (tertiary/aromatic N) is 4. The molecule has 0 amide bonds. The highest BCUT2D eigenvalue weighted by Crippen LogP contribution is 2.33. The van der Waals surface area contributed by atoms with Gasteiger partial charge in [0.25, 0.3) is 0 Å². The summed E-state index contributed by atoms with van der Waals surface area (Å²) in [6, 6.07) is 4.20. The average Bonchev–Trinajstić information content (AvgIpc) is 3.36. The molecule has 1 aromatic carbocycles. The zero-order chi connectivity index (χ0) is 17.7. The van der Waals surface area contributed by atoms with E-state index in [1.165, 1.54) is 23.7 Å². The third-order valence-electron chi connectivity index (χ3n) is 5.28. The fraction of sp³-hybridized carbons (Fsp3) is 0.444. The van der Waals surface area contributed by atoms with Crippen LogP contribution in [0, 0.1) is 10.1 Å². The Balaban J connectivity index is 1.59. The topological polar surface area (TPSA) is 98.9 Å². The van der Waals surface area contributed by atoms with Crippen LogP contribution < -0.4 is 0 Å². The minimum Gasteiger partial charge on any atom is -0.357 e. The second-order valence-electron chi connectivity index (χ2n) is 7.00. The molecule has 8 nitrogen and oxygen atoms in total. The summed E-state index contributed by atoms with van der Waals surface area (Å²) < 4.78 is 7.28. The number of aryl methyl sites for hydroxylation is 2. The SMILES string of the molecule is O=[N+]([O-])c1cn(C2CCCCO2)nc1-c1nc2cc3c(cc2[nH]1)CCC3. The molecule has 1 saturated heterocycles. The van der Waals surface area contributed by atoms with Gasteiger partial charge in [-0.3, -0.25) is 10.1 Å². The number of imidazole rings is 1. The zero-order valence-electron chi connectivity index (χ0n) is 14.3. The standard InChI is InChI=1S/C18H19N5O3/c24-23(25)15-10-22(16-6-1-2-7-26-16)21-17(15)18-19-13-8-11-4-3-5-12(11)9-14(13)20-18/h8-10,16H,1-7H2,(H,19,20). The summed E-state index contributed by atoms with van der Waals surface area (Å²) in [6.45, 7) is 0.657. The Morgan fingerprint density at radius 3 is 2.85 bits per heavy atom. The molecule has 3 heterocycles. The second kappa shape index (κ2) is 5.91. The molecular weight excluding hydrogens is 334 g/mol. The van der Waals surface area contributed by atoms with Gasteiger partial charge >= 0.3 is 5.69 Å². The van der Waals surface area contributed by atoms with Crippen molar-refractivity contribution in [2.75, 3.05) is 6.61 Å². The number of H-pyrrole nitrogens is 1. The number of benzene rings is 1. The van der Waals surface area contributed by atoms with E-state index in [1.807, 2.05) is 0 Å². The molecule has 3 aromatic rings. The summed E-state index contributed by atoms with van der Waals surface area (Å²) in [5.41, 5.74) is 4.61. The van der Waals surface area contributed by atoms with Crippen molar-refractivity contribution in [1.82, 2.24) is 19.7 Å². The quantitative estimate of drug-likeness (QED) is 0.574. The van der Waals surface area contributed by atoms with Crippen LogP contribution in [-0.2, 0) is 17.6 Å². The molecule has 8 heteroatoms. The number of ether oxygens (including phenoxy) is 1. The van der Waals surface area contributed by atoms with Crippen LogP contribution in [0.3, 0.4) is 0 Å². The Hall–Kier alpha value is -2.74. The number of fused-ring (bicyclic) bond motifs is 2. The predicted octanol–water partition coefficient (Wildman–Crippen LogP) is 3.52. The molecule has 2 aliphatic rings. The average molecular weight is 353 g/mol. The number of aromatic nitrogens is 4. The van der Waals surface area contributed by atoms with Gasteiger partial charge in [-0.25, -0.2) is 9.67 Å². The number of nitrogens with one attached hydrogen (secondary N) is 1. The molecule has 1 fully saturated rings. The molecule has 1 atom stereocenters. The Kier molecular flexibility index (Phi) is 3.53. The van der Waals surface area contributed by atoms with Crippen LogP contribution in [0.1, 0.15) is 43.0 Å². The van der Waals surface area contributed by atoms with E-state index >= 15 is 0 Å². The molecule has 1 aliphatic heterocycles. The van der Waals surface area contributed by atoms with Gasteiger partial charge in [0.05, 0.1) is 16.0 Å². The second-order valence-corrected chi connectivity index (χ2v) is 7.00. The van der Waals surface area contributed by atoms with Crippen molar-refractivity contribution < 1.29 is 9.66 Å². The third-order valence-corrected chi connectivity index (χ3v) is 5.28. The van der Waals surface area contributed by atoms with Crippen molar-refractivity contribution in [2.24, 2.45) is 0 Å². The molecule has 5 rings (SSSR count). The molecule has 0 saturated carbocycles. The number of hydrogen-bond donors (Lipinski definition) is 1. The molecule has 1 aliphatic carbocycles. The van der Waals surface area contributed by atoms with E-state index < -0.39 is 4.92 Å². The van der Waals surface area contributed by atoms with Gasteiger partial charge in [0.1, 0.15) is 12.4 Å². The molecule has 134 valence electrons. The van der Waals surface area contributed by atoms with Crippen LogP contribution in [-0.4, -0.2) is 31.3 Å². The Labute approximate surface area is 149 Å². The van der Waals surface area contributed by atoms with E-state index in [9.17, 15) is 10.1 Å². The largest absolute Gasteiger partial charge is 0.357 e. The molecule has 0 radical (unpaired) electrons. The van der Waals surface area contributed by atoms with E-state index in [-0.39, 0.29) is 17.6 Å². The van der Waals surface area contributed by atoms with Gasteiger partial charge in [-0.2, -0.15) is 5.10 Å². The van der Waals surface area contributed by atoms with Crippen LogP contribution in [0.4, 0.5) is 5.69 Å². The minimum absolute atomic E-state index is 0.0502. The van der Waals surface area contributed by atoms with Gasteiger partial charge in [0.15, 0.2) is 5.82 Å². The molecule has 2 aromatic heterocycles. The van der Waals surface area contributed by atoms with Gasteiger partial charge in [0, 0.05) is 6.61 Å². The lowest BCUT2D eigenvalue weighted by Crippen LogP contribution is -2.18. The van der Waals surface area contributed by atoms with Crippen LogP contribution in [0.5, 0.6) is 0 Å². The number of nitro groups is 1. The molecule has 0 spiro atoms. The van der Waals surface area contributed by atoms with Crippen molar-refractivity contribution in [3.63, 3.8) is 0 Å². The van der Waals surface area contributed by atoms with Crippen LogP contribution in [0.2, 0.25) is 0 Å². The van der Waals surface area contributed by atoms with E-state index in [2.05, 4.69) is 27.2 Å². The highest BCUT2D eigenvalue weighted by Gasteiger charge is 2.27. The van der Waals surface area contributed by atoms with E-state index in [0.717, 1.165) is 43.1 Å². The van der Waals surface area contributed by atoms with Gasteiger partial charge < -0.3 is 9.72 Å². The van der Waals surface area contributed by atoms with Crippen molar-refractivity contribution in [3.05, 3.63) is 39.6 Å². The number of aromatic amines is 1. The van der Waals surface area contributed by atoms with E-state index in [4.69, 9.17) is 4.74 Å². The monoisotopic (exact) mass is 353 g/mol. The van der Waals surface area contributed by atoms with Crippen molar-refractivity contribution >= 4 is 16.7 Å². The summed E-state index contributed by atoms with van der Waals surface area (Å²) in [5.74, 6) is 0.435. The lowest BCUT2D eigenvalue weighted by molar-refractivity contribution is -0.384. The fourth-order valence-corrected chi connectivity index (χ4v) is 3.96. The first-order valence-corrected chi connectivity index (χ1v) is 9.06. The Bertz CT molecular complexity index is 959. The van der Waals surface area contributed by atoms with Gasteiger partial charge in [-0.15, -0.1) is 0 Å². The van der Waals surface area contributed by atoms with Gasteiger partial charge in [-0.1, -0.05) is 0 Å². The maximum atomic E-state index is 11.5. The van der Waals surface area contributed by atoms with Crippen LogP contribution in [0.25, 0.3) is 22.6 Å². The number of rotatable bonds is 3. The first kappa shape index (κ1) is 15.5. The van der Waals surface area contributed by atoms with Crippen LogP contribution >= 0.6 is 0 Å². The molecule has 1 unspecified atom stereocenters. The van der Waals surface area contributed by atoms with Gasteiger partial charge in [0.2, 0.25) is 5.69 Å². The first-order chi connectivity index (χ1) is 12.7. The Morgan fingerprint density at radius 1 is 1.23 bits per heavy atom. The lowest BCUT2D eigenvalue weighted by atomic mass is 10.1. The summed E-state index contributed by atoms with van der Waals surface area (Å²) >= 11 is 0. The first-order valence-electron chi connectivity index (χ1n) is 9.06. The smallest absolute Gasteiger partial charge is 0.318 e. The highest BCUT2D eigenvalue weighted by molar-refractivity contribution is 5.82. The van der Waals surface area contributed by atoms with Gasteiger partial charge in [-0.05, 0) is 61.8 Å². The third kappa shape index (κ3) is 2.48. The Morgan fingerprint density at radius 2 is 2.08 bits per heavy atom. The van der Waals surface area contributed by atoms with Crippen molar-refractivity contribution in [2.45, 2.75) is 44.8 Å². The summed E-state index contributed by atoms with van der Waals surface area (Å²) in [5, 5.41) is 16.0. The van der Waals surface area contributed by atoms with E-state index in [0.29, 0.717) is 12.4 Å². The minimum atomic E-state index is -0.408. The molecule has 26 heavy (non-hydrogen) atoms. The molecule has 1 N–H and O–H groups in total. The maximum absolute atomic E-state index is 11.5. The summed E-state index contributed by atoms with van der Waals surface area (Å²) in [6.07, 6.45) is 7.39. The fourth-order valence-electron chi connectivity index (χ4n) is 3.96. The predicted molar refractivity (Wildman–Crippen MR) is 94.8 cm³/mol.